The lowest BCUT2D eigenvalue weighted by atomic mass is 10.1. The summed E-state index contributed by atoms with van der Waals surface area (Å²) in [6, 6.07) is 2.99. The predicted octanol–water partition coefficient (Wildman–Crippen LogP) is 0.482. The van der Waals surface area contributed by atoms with Gasteiger partial charge in [0.25, 0.3) is 0 Å². The second-order valence-corrected chi connectivity index (χ2v) is 5.60. The molecule has 0 radical (unpaired) electrons. The molecule has 2 N–H and O–H groups in total. The molecule has 1 aromatic heterocycles. The van der Waals surface area contributed by atoms with Crippen LogP contribution in [0.2, 0.25) is 0 Å². The van der Waals surface area contributed by atoms with Gasteiger partial charge in [-0.05, 0) is 17.9 Å². The van der Waals surface area contributed by atoms with Gasteiger partial charge in [0.2, 0.25) is 11.8 Å². The third-order valence-electron chi connectivity index (χ3n) is 3.18. The molecule has 1 aliphatic heterocycles. The van der Waals surface area contributed by atoms with Gasteiger partial charge in [-0.3, -0.25) is 14.4 Å². The van der Waals surface area contributed by atoms with E-state index in [0.29, 0.717) is 25.9 Å². The Morgan fingerprint density at radius 1 is 1.50 bits per heavy atom. The molecule has 0 spiro atoms. The number of piperazine rings is 1. The van der Waals surface area contributed by atoms with Gasteiger partial charge in [0.15, 0.2) is 0 Å². The van der Waals surface area contributed by atoms with Crippen LogP contribution in [0, 0.1) is 0 Å². The second-order valence-electron chi connectivity index (χ2n) is 4.57. The first-order chi connectivity index (χ1) is 9.58. The highest BCUT2D eigenvalue weighted by Gasteiger charge is 2.34. The molecule has 2 rings (SSSR count). The number of rotatable bonds is 5. The van der Waals surface area contributed by atoms with Crippen molar-refractivity contribution in [2.24, 2.45) is 0 Å². The quantitative estimate of drug-likeness (QED) is 0.827. The van der Waals surface area contributed by atoms with Crippen molar-refractivity contribution in [2.45, 2.75) is 25.3 Å². The second kappa shape index (κ2) is 6.51. The molecule has 1 aromatic rings. The largest absolute Gasteiger partial charge is 0.481 e. The Balaban J connectivity index is 1.97. The van der Waals surface area contributed by atoms with E-state index in [0.717, 1.165) is 4.88 Å². The van der Waals surface area contributed by atoms with Crippen LogP contribution >= 0.6 is 11.3 Å². The Bertz CT molecular complexity index is 500. The molecule has 0 bridgehead atoms. The third kappa shape index (κ3) is 3.57. The summed E-state index contributed by atoms with van der Waals surface area (Å²) < 4.78 is 0. The molecular formula is C13H16N2O4S. The van der Waals surface area contributed by atoms with Crippen molar-refractivity contribution in [1.29, 1.82) is 0 Å². The monoisotopic (exact) mass is 296 g/mol. The maximum Gasteiger partial charge on any atom is 0.305 e. The van der Waals surface area contributed by atoms with Gasteiger partial charge in [-0.2, -0.15) is 0 Å². The summed E-state index contributed by atoms with van der Waals surface area (Å²) in [6.07, 6.45) is 0.564. The molecule has 6 nitrogen and oxygen atoms in total. The van der Waals surface area contributed by atoms with Crippen molar-refractivity contribution < 1.29 is 19.5 Å². The highest BCUT2D eigenvalue weighted by molar-refractivity contribution is 7.09. The number of carbonyl (C=O) groups is 3. The van der Waals surface area contributed by atoms with E-state index < -0.39 is 12.0 Å². The van der Waals surface area contributed by atoms with E-state index in [4.69, 9.17) is 5.11 Å². The van der Waals surface area contributed by atoms with Gasteiger partial charge in [-0.1, -0.05) is 6.07 Å². The van der Waals surface area contributed by atoms with Crippen LogP contribution in [-0.4, -0.2) is 46.9 Å². The Hall–Kier alpha value is -1.89. The number of thiophene rings is 1. The summed E-state index contributed by atoms with van der Waals surface area (Å²) in [7, 11) is 0. The summed E-state index contributed by atoms with van der Waals surface area (Å²) in [6.45, 7) is 0.743. The maximum absolute atomic E-state index is 12.2. The highest BCUT2D eigenvalue weighted by Crippen LogP contribution is 2.15. The van der Waals surface area contributed by atoms with Crippen LogP contribution in [0.4, 0.5) is 0 Å². The predicted molar refractivity (Wildman–Crippen MR) is 73.4 cm³/mol. The first kappa shape index (κ1) is 14.5. The zero-order valence-electron chi connectivity index (χ0n) is 10.9. The van der Waals surface area contributed by atoms with Crippen LogP contribution in [0.15, 0.2) is 17.5 Å². The smallest absolute Gasteiger partial charge is 0.305 e. The number of nitrogens with zero attached hydrogens (tertiary/aromatic N) is 1. The summed E-state index contributed by atoms with van der Waals surface area (Å²) in [4.78, 5) is 37.2. The molecule has 1 unspecified atom stereocenters. The number of hydrogen-bond acceptors (Lipinski definition) is 4. The fourth-order valence-electron chi connectivity index (χ4n) is 2.21. The highest BCUT2D eigenvalue weighted by atomic mass is 32.1. The molecule has 1 fully saturated rings. The Morgan fingerprint density at radius 3 is 2.95 bits per heavy atom. The van der Waals surface area contributed by atoms with Crippen LogP contribution in [0.1, 0.15) is 17.7 Å². The lowest BCUT2D eigenvalue weighted by Crippen LogP contribution is -2.57. The van der Waals surface area contributed by atoms with Gasteiger partial charge in [0.1, 0.15) is 6.04 Å². The molecule has 1 atom stereocenters. The van der Waals surface area contributed by atoms with Crippen LogP contribution < -0.4 is 5.32 Å². The van der Waals surface area contributed by atoms with E-state index >= 15 is 0 Å². The number of aliphatic carboxylic acids is 1. The van der Waals surface area contributed by atoms with Crippen LogP contribution in [0.3, 0.4) is 0 Å². The summed E-state index contributed by atoms with van der Waals surface area (Å²) in [5.41, 5.74) is 0. The normalized spacial score (nSPS) is 18.7. The number of hydrogen-bond donors (Lipinski definition) is 2. The summed E-state index contributed by atoms with van der Waals surface area (Å²) in [5.74, 6) is -1.63. The maximum atomic E-state index is 12.2. The van der Waals surface area contributed by atoms with Crippen LogP contribution in [0.5, 0.6) is 0 Å². The average molecular weight is 296 g/mol. The van der Waals surface area contributed by atoms with Gasteiger partial charge >= 0.3 is 5.97 Å². The lowest BCUT2D eigenvalue weighted by Gasteiger charge is -2.34. The molecule has 0 aromatic carbocycles. The van der Waals surface area contributed by atoms with Gasteiger partial charge < -0.3 is 15.3 Å². The summed E-state index contributed by atoms with van der Waals surface area (Å²) in [5, 5.41) is 13.4. The fourth-order valence-corrected chi connectivity index (χ4v) is 2.92. The molecule has 2 heterocycles. The van der Waals surface area contributed by atoms with E-state index in [2.05, 4.69) is 5.32 Å². The van der Waals surface area contributed by atoms with Crippen molar-refractivity contribution in [1.82, 2.24) is 10.2 Å². The molecular weight excluding hydrogens is 280 g/mol. The first-order valence-electron chi connectivity index (χ1n) is 6.39. The number of carboxylic acid groups (broad SMARTS) is 1. The molecule has 20 heavy (non-hydrogen) atoms. The van der Waals surface area contributed by atoms with E-state index in [-0.39, 0.29) is 18.2 Å². The summed E-state index contributed by atoms with van der Waals surface area (Å²) >= 11 is 1.58. The van der Waals surface area contributed by atoms with E-state index in [1.54, 1.807) is 11.3 Å². The molecule has 1 aliphatic rings. The minimum Gasteiger partial charge on any atom is -0.481 e. The number of carbonyl (C=O) groups excluding carboxylic acids is 2. The molecule has 0 aliphatic carbocycles. The van der Waals surface area contributed by atoms with Crippen molar-refractivity contribution in [3.8, 4) is 0 Å². The van der Waals surface area contributed by atoms with Gasteiger partial charge in [0, 0.05) is 24.4 Å². The standard InChI is InChI=1S/C13H16N2O4S/c16-11(4-3-9-2-1-7-20-9)15-6-5-14-13(19)10(15)8-12(17)18/h1-2,7,10H,3-6,8H2,(H,14,19)(H,17,18). The van der Waals surface area contributed by atoms with Crippen molar-refractivity contribution >= 4 is 29.1 Å². The fraction of sp³-hybridized carbons (Fsp3) is 0.462. The van der Waals surface area contributed by atoms with Crippen molar-refractivity contribution in [2.75, 3.05) is 13.1 Å². The Kier molecular flexibility index (Phi) is 4.73. The van der Waals surface area contributed by atoms with Crippen LogP contribution in [0.25, 0.3) is 0 Å². The number of carboxylic acids is 1. The van der Waals surface area contributed by atoms with E-state index in [1.165, 1.54) is 4.90 Å². The third-order valence-corrected chi connectivity index (χ3v) is 4.12. The first-order valence-corrected chi connectivity index (χ1v) is 7.27. The topological polar surface area (TPSA) is 86.7 Å². The zero-order chi connectivity index (χ0) is 14.5. The van der Waals surface area contributed by atoms with Gasteiger partial charge in [-0.25, -0.2) is 0 Å². The molecule has 2 amide bonds. The lowest BCUT2D eigenvalue weighted by molar-refractivity contribution is -0.148. The average Bonchev–Trinajstić information content (AvgIpc) is 2.91. The van der Waals surface area contributed by atoms with Gasteiger partial charge in [0.05, 0.1) is 6.42 Å². The number of nitrogens with one attached hydrogen (secondary N) is 1. The zero-order valence-corrected chi connectivity index (χ0v) is 11.7. The molecule has 7 heteroatoms. The van der Waals surface area contributed by atoms with Crippen molar-refractivity contribution in [3.63, 3.8) is 0 Å². The van der Waals surface area contributed by atoms with E-state index in [1.807, 2.05) is 17.5 Å². The molecule has 0 saturated carbocycles. The number of aryl methyl sites for hydroxylation is 1. The van der Waals surface area contributed by atoms with Crippen molar-refractivity contribution in [3.05, 3.63) is 22.4 Å². The minimum absolute atomic E-state index is 0.167. The number of amides is 2. The Labute approximate surface area is 120 Å². The molecule has 1 saturated heterocycles. The molecule has 108 valence electrons. The SMILES string of the molecule is O=C(O)CC1C(=O)NCCN1C(=O)CCc1cccs1. The van der Waals surface area contributed by atoms with Gasteiger partial charge in [-0.15, -0.1) is 11.3 Å². The minimum atomic E-state index is -1.08. The van der Waals surface area contributed by atoms with E-state index in [9.17, 15) is 14.4 Å². The van der Waals surface area contributed by atoms with Crippen LogP contribution in [-0.2, 0) is 20.8 Å². The Morgan fingerprint density at radius 2 is 2.30 bits per heavy atom.